The monoisotopic (exact) mass is 719 g/mol. The zero-order valence-corrected chi connectivity index (χ0v) is 31.8. The summed E-state index contributed by atoms with van der Waals surface area (Å²) in [7, 11) is 3.56. The van der Waals surface area contributed by atoms with Gasteiger partial charge in [-0.3, -0.25) is 0 Å². The van der Waals surface area contributed by atoms with E-state index in [1.54, 1.807) is 14.2 Å². The first kappa shape index (κ1) is 34.8. The van der Waals surface area contributed by atoms with Gasteiger partial charge in [0, 0.05) is 0 Å². The summed E-state index contributed by atoms with van der Waals surface area (Å²) in [5.74, 6) is -1.25. The maximum Gasteiger partial charge on any atom is -0.147 e. The average molecular weight is 722 g/mol. The van der Waals surface area contributed by atoms with Crippen LogP contribution in [0, 0.1) is 0 Å². The van der Waals surface area contributed by atoms with Crippen LogP contribution < -0.4 is 0 Å². The fourth-order valence-corrected chi connectivity index (χ4v) is 37.7. The molecule has 0 saturated carbocycles. The standard InChI is InChI=1S/2C18H17O.C2H7Si.2ClH.Zr/c2*1-13-11-16-5-3-4-6-17(16)18(13)15-9-7-14(8-10-15)12-19-2;1-3-2;;;/h2*3-11H,12H2,1-2H3;3H,1-2H3;2*1H;. The van der Waals surface area contributed by atoms with Gasteiger partial charge in [-0.05, 0) is 0 Å². The molecular weight excluding hydrogens is 679 g/mol. The van der Waals surface area contributed by atoms with Gasteiger partial charge in [0.2, 0.25) is 0 Å². The molecule has 0 aromatic heterocycles. The average Bonchev–Trinajstić information content (AvgIpc) is 3.45. The number of methoxy groups -OCH3 is 2. The largest absolute Gasteiger partial charge is 0.147 e. The van der Waals surface area contributed by atoms with E-state index in [1.165, 1.54) is 55.7 Å². The zero-order chi connectivity index (χ0) is 29.5. The van der Waals surface area contributed by atoms with Crippen molar-refractivity contribution in [3.8, 4) is 0 Å². The molecule has 0 amide bonds. The van der Waals surface area contributed by atoms with Gasteiger partial charge in [-0.2, -0.15) is 0 Å². The quantitative estimate of drug-likeness (QED) is 0.161. The molecule has 0 radical (unpaired) electrons. The number of fused-ring (bicyclic) bond motifs is 2. The van der Waals surface area contributed by atoms with Crippen molar-refractivity contribution < 1.29 is 30.4 Å². The van der Waals surface area contributed by atoms with Crippen molar-refractivity contribution in [1.82, 2.24) is 0 Å². The maximum absolute atomic E-state index is 5.51. The van der Waals surface area contributed by atoms with Gasteiger partial charge in [0.1, 0.15) is 0 Å². The smallest absolute Gasteiger partial charge is 0.147 e. The van der Waals surface area contributed by atoms with Crippen LogP contribution in [0.2, 0.25) is 13.1 Å². The summed E-state index contributed by atoms with van der Waals surface area (Å²) in [6, 6.07) is 37.4. The van der Waals surface area contributed by atoms with Crippen LogP contribution >= 0.6 is 24.8 Å². The maximum atomic E-state index is 5.51. The second-order valence-electron chi connectivity index (χ2n) is 12.2. The van der Waals surface area contributed by atoms with Crippen LogP contribution in [0.4, 0.5) is 0 Å². The molecule has 6 heteroatoms. The molecule has 0 saturated heterocycles. The molecule has 2 atom stereocenters. The first-order valence-corrected chi connectivity index (χ1v) is 24.6. The minimum Gasteiger partial charge on any atom is -0.147 e. The third kappa shape index (κ3) is 5.40. The molecule has 229 valence electrons. The molecule has 0 heterocycles. The Labute approximate surface area is 284 Å². The Balaban J connectivity index is 0.00000221. The van der Waals surface area contributed by atoms with E-state index in [4.69, 9.17) is 9.47 Å². The van der Waals surface area contributed by atoms with Crippen LogP contribution in [0.25, 0.3) is 12.2 Å². The van der Waals surface area contributed by atoms with Gasteiger partial charge in [0.15, 0.2) is 0 Å². The molecule has 4 aromatic carbocycles. The number of rotatable bonds is 9. The number of hydrogen-bond acceptors (Lipinski definition) is 2. The van der Waals surface area contributed by atoms with Crippen LogP contribution in [0.3, 0.4) is 0 Å². The number of ether oxygens (including phenoxy) is 2. The Hall–Kier alpha value is -2.04. The topological polar surface area (TPSA) is 18.5 Å². The summed E-state index contributed by atoms with van der Waals surface area (Å²) in [4.78, 5) is 0. The van der Waals surface area contributed by atoms with Gasteiger partial charge in [0.05, 0.1) is 0 Å². The molecule has 2 nitrogen and oxygen atoms in total. The van der Waals surface area contributed by atoms with E-state index in [2.05, 4.69) is 136 Å². The SMILES string of the molecule is COCc1ccc([C]2([Zr]([SiH](C)C)[C]3(c4ccc(COC)cc4)C(C)=Cc4ccccc43)C(C)=Cc3ccccc32)cc1.Cl.Cl. The second-order valence-corrected chi connectivity index (χ2v) is 32.1. The second kappa shape index (κ2) is 14.2. The third-order valence-electron chi connectivity index (χ3n) is 9.44. The summed E-state index contributed by atoms with van der Waals surface area (Å²) in [5.41, 5.74) is 14.2. The van der Waals surface area contributed by atoms with Crippen molar-refractivity contribution in [2.24, 2.45) is 0 Å². The number of benzene rings is 4. The van der Waals surface area contributed by atoms with E-state index in [0.29, 0.717) is 13.2 Å². The molecule has 6 rings (SSSR count). The van der Waals surface area contributed by atoms with Crippen molar-refractivity contribution in [3.05, 3.63) is 153 Å². The van der Waals surface area contributed by atoms with Gasteiger partial charge in [-0.15, -0.1) is 24.8 Å². The first-order valence-electron chi connectivity index (χ1n) is 15.0. The molecule has 4 aromatic rings. The molecule has 2 unspecified atom stereocenters. The van der Waals surface area contributed by atoms with E-state index < -0.39 is 26.8 Å². The van der Waals surface area contributed by atoms with Crippen LogP contribution in [0.1, 0.15) is 58.4 Å². The minimum atomic E-state index is -2.76. The minimum absolute atomic E-state index is 0. The summed E-state index contributed by atoms with van der Waals surface area (Å²) in [6.45, 7) is 11.4. The Bertz CT molecular complexity index is 1540. The first-order chi connectivity index (χ1) is 20.4. The van der Waals surface area contributed by atoms with Crippen molar-refractivity contribution in [2.75, 3.05) is 14.2 Å². The third-order valence-corrected chi connectivity index (χ3v) is 32.9. The Kier molecular flexibility index (Phi) is 11.2. The molecule has 0 N–H and O–H groups in total. The zero-order valence-electron chi connectivity index (χ0n) is 26.5. The van der Waals surface area contributed by atoms with Crippen molar-refractivity contribution in [2.45, 2.75) is 46.4 Å². The van der Waals surface area contributed by atoms with E-state index in [-0.39, 0.29) is 31.1 Å². The number of allylic oxidation sites excluding steroid dienone is 2. The van der Waals surface area contributed by atoms with Crippen LogP contribution in [0.15, 0.2) is 108 Å². The summed E-state index contributed by atoms with van der Waals surface area (Å²) >= 11 is -2.76. The van der Waals surface area contributed by atoms with Gasteiger partial charge < -0.3 is 0 Å². The fraction of sp³-hybridized carbons (Fsp3) is 0.263. The van der Waals surface area contributed by atoms with Gasteiger partial charge >= 0.3 is 262 Å². The number of hydrogen-bond donors (Lipinski definition) is 0. The van der Waals surface area contributed by atoms with E-state index in [9.17, 15) is 0 Å². The van der Waals surface area contributed by atoms with Crippen LogP contribution in [0.5, 0.6) is 0 Å². The fourth-order valence-electron chi connectivity index (χ4n) is 8.01. The summed E-state index contributed by atoms with van der Waals surface area (Å²) in [6.07, 6.45) is 5.01. The van der Waals surface area contributed by atoms with Gasteiger partial charge in [0.25, 0.3) is 0 Å². The van der Waals surface area contributed by atoms with E-state index >= 15 is 0 Å². The Morgan fingerprint density at radius 2 is 0.932 bits per heavy atom. The Morgan fingerprint density at radius 3 is 1.27 bits per heavy atom. The molecule has 0 aliphatic heterocycles. The molecule has 0 spiro atoms. The molecule has 2 aliphatic carbocycles. The summed E-state index contributed by atoms with van der Waals surface area (Å²) in [5, 5.41) is 0. The summed E-state index contributed by atoms with van der Waals surface area (Å²) < 4.78 is 10.9. The van der Waals surface area contributed by atoms with Gasteiger partial charge in [-0.25, -0.2) is 0 Å². The van der Waals surface area contributed by atoms with E-state index in [0.717, 1.165) is 0 Å². The predicted octanol–water partition coefficient (Wildman–Crippen LogP) is 9.45. The van der Waals surface area contributed by atoms with Crippen molar-refractivity contribution in [3.63, 3.8) is 0 Å². The molecular formula is C38H43Cl2O2SiZr. The molecule has 44 heavy (non-hydrogen) atoms. The van der Waals surface area contributed by atoms with Gasteiger partial charge in [-0.1, -0.05) is 0 Å². The number of halogens is 2. The van der Waals surface area contributed by atoms with E-state index in [1.807, 2.05) is 0 Å². The van der Waals surface area contributed by atoms with Crippen molar-refractivity contribution in [1.29, 1.82) is 0 Å². The van der Waals surface area contributed by atoms with Crippen LogP contribution in [-0.4, -0.2) is 20.1 Å². The predicted molar refractivity (Wildman–Crippen MR) is 189 cm³/mol. The van der Waals surface area contributed by atoms with Crippen LogP contribution in [-0.2, 0) is 49.8 Å². The Morgan fingerprint density at radius 1 is 0.568 bits per heavy atom. The molecule has 0 fully saturated rings. The van der Waals surface area contributed by atoms with Crippen molar-refractivity contribution >= 4 is 42.9 Å². The molecule has 0 bridgehead atoms. The molecule has 2 aliphatic rings. The normalized spacial score (nSPS) is 19.8.